The lowest BCUT2D eigenvalue weighted by molar-refractivity contribution is -0.105. The Morgan fingerprint density at radius 3 is 2.33 bits per heavy atom. The van der Waals surface area contributed by atoms with Crippen molar-refractivity contribution < 1.29 is 9.22 Å². The maximum Gasteiger partial charge on any atom is 0.192 e. The Balaban J connectivity index is 1.97. The molecule has 1 fully saturated rings. The van der Waals surface area contributed by atoms with Gasteiger partial charge in [-0.1, -0.05) is 58.0 Å². The molecule has 1 saturated carbocycles. The number of fused-ring (bicyclic) bond motifs is 2. The van der Waals surface area contributed by atoms with Crippen LogP contribution in [0.5, 0.6) is 0 Å². The van der Waals surface area contributed by atoms with Gasteiger partial charge in [-0.2, -0.15) is 0 Å². The van der Waals surface area contributed by atoms with E-state index in [1.165, 1.54) is 11.1 Å². The molecule has 0 aliphatic heterocycles. The molecule has 0 radical (unpaired) electrons. The molecule has 3 unspecified atom stereocenters. The Hall–Kier alpha value is -1.19. The van der Waals surface area contributed by atoms with Gasteiger partial charge in [-0.05, 0) is 47.5 Å². The van der Waals surface area contributed by atoms with E-state index in [4.69, 9.17) is 4.43 Å². The van der Waals surface area contributed by atoms with Crippen LogP contribution in [-0.4, -0.2) is 20.7 Å². The number of hydrogen-bond donors (Lipinski definition) is 0. The van der Waals surface area contributed by atoms with Crippen LogP contribution in [0.3, 0.4) is 0 Å². The van der Waals surface area contributed by atoms with Crippen molar-refractivity contribution in [2.75, 3.05) is 0 Å². The van der Waals surface area contributed by atoms with Gasteiger partial charge >= 0.3 is 0 Å². The van der Waals surface area contributed by atoms with Gasteiger partial charge in [-0.3, -0.25) is 4.79 Å². The van der Waals surface area contributed by atoms with Crippen LogP contribution >= 0.6 is 0 Å². The molecule has 2 bridgehead atoms. The summed E-state index contributed by atoms with van der Waals surface area (Å²) in [4.78, 5) is 11.8. The fourth-order valence-corrected chi connectivity index (χ4v) is 5.55. The van der Waals surface area contributed by atoms with Gasteiger partial charge in [-0.15, -0.1) is 0 Å². The van der Waals surface area contributed by atoms with E-state index in [-0.39, 0.29) is 16.6 Å². The highest BCUT2D eigenvalue weighted by molar-refractivity contribution is 6.74. The standard InChI is InChI=1S/C21H30O2Si/c1-20(2,3)24(5,6)23-18-13-21(4)12-16(18)19(17(21)14-22)15-10-8-7-9-11-15/h7-11,14,16,18H,12-13H2,1-6H3. The number of carbonyl (C=O) groups is 1. The van der Waals surface area contributed by atoms with E-state index in [0.717, 1.165) is 24.7 Å². The molecule has 3 rings (SSSR count). The lowest BCUT2D eigenvalue weighted by Gasteiger charge is -2.41. The molecule has 1 aromatic rings. The molecule has 3 atom stereocenters. The Labute approximate surface area is 147 Å². The van der Waals surface area contributed by atoms with Crippen molar-refractivity contribution in [3.05, 3.63) is 41.5 Å². The minimum absolute atomic E-state index is 0.0232. The maximum absolute atomic E-state index is 11.8. The summed E-state index contributed by atoms with van der Waals surface area (Å²) in [5.74, 6) is 0.353. The number of aldehydes is 1. The van der Waals surface area contributed by atoms with Crippen molar-refractivity contribution in [1.82, 2.24) is 0 Å². The summed E-state index contributed by atoms with van der Waals surface area (Å²) >= 11 is 0. The summed E-state index contributed by atoms with van der Waals surface area (Å²) in [7, 11) is -1.81. The summed E-state index contributed by atoms with van der Waals surface area (Å²) in [5, 5.41) is 0.208. The normalized spacial score (nSPS) is 30.1. The Morgan fingerprint density at radius 2 is 1.79 bits per heavy atom. The van der Waals surface area contributed by atoms with E-state index >= 15 is 0 Å². The molecule has 0 N–H and O–H groups in total. The quantitative estimate of drug-likeness (QED) is 0.536. The second kappa shape index (κ2) is 5.67. The third-order valence-corrected chi connectivity index (χ3v) is 11.0. The topological polar surface area (TPSA) is 26.3 Å². The van der Waals surface area contributed by atoms with Gasteiger partial charge in [0.05, 0.1) is 6.10 Å². The molecular formula is C21H30O2Si. The molecule has 2 aliphatic carbocycles. The first-order valence-corrected chi connectivity index (χ1v) is 11.9. The minimum Gasteiger partial charge on any atom is -0.413 e. The average Bonchev–Trinajstić information content (AvgIpc) is 2.95. The lowest BCUT2D eigenvalue weighted by atomic mass is 9.79. The van der Waals surface area contributed by atoms with Gasteiger partial charge in [0.2, 0.25) is 0 Å². The van der Waals surface area contributed by atoms with E-state index in [2.05, 4.69) is 65.1 Å². The Morgan fingerprint density at radius 1 is 1.17 bits per heavy atom. The number of hydrogen-bond acceptors (Lipinski definition) is 2. The highest BCUT2D eigenvalue weighted by Crippen LogP contribution is 2.61. The second-order valence-electron chi connectivity index (χ2n) is 9.30. The number of allylic oxidation sites excluding steroid dienone is 1. The first-order valence-electron chi connectivity index (χ1n) is 9.02. The molecule has 130 valence electrons. The monoisotopic (exact) mass is 342 g/mol. The van der Waals surface area contributed by atoms with E-state index in [1.807, 2.05) is 6.07 Å². The smallest absolute Gasteiger partial charge is 0.192 e. The van der Waals surface area contributed by atoms with Gasteiger partial charge in [-0.25, -0.2) is 0 Å². The summed E-state index contributed by atoms with van der Waals surface area (Å²) in [5.41, 5.74) is 3.42. The predicted octanol–water partition coefficient (Wildman–Crippen LogP) is 5.46. The molecule has 2 aliphatic rings. The maximum atomic E-state index is 11.8. The van der Waals surface area contributed by atoms with Gasteiger partial charge in [0.15, 0.2) is 8.32 Å². The van der Waals surface area contributed by atoms with E-state index in [9.17, 15) is 4.79 Å². The zero-order chi connectivity index (χ0) is 17.8. The van der Waals surface area contributed by atoms with E-state index in [1.54, 1.807) is 0 Å². The molecule has 0 saturated heterocycles. The van der Waals surface area contributed by atoms with Gasteiger partial charge in [0.25, 0.3) is 0 Å². The number of benzene rings is 1. The summed E-state index contributed by atoms with van der Waals surface area (Å²) < 4.78 is 6.80. The highest BCUT2D eigenvalue weighted by Gasteiger charge is 2.55. The van der Waals surface area contributed by atoms with Crippen molar-refractivity contribution in [2.45, 2.75) is 64.8 Å². The minimum atomic E-state index is -1.81. The third kappa shape index (κ3) is 2.72. The highest BCUT2D eigenvalue weighted by atomic mass is 28.4. The van der Waals surface area contributed by atoms with Crippen LogP contribution in [0, 0.1) is 11.3 Å². The van der Waals surface area contributed by atoms with Crippen LogP contribution in [0.15, 0.2) is 35.9 Å². The molecule has 3 heteroatoms. The number of carbonyl (C=O) groups excluding carboxylic acids is 1. The van der Waals surface area contributed by atoms with Crippen molar-refractivity contribution in [3.63, 3.8) is 0 Å². The fourth-order valence-electron chi connectivity index (χ4n) is 4.19. The van der Waals surface area contributed by atoms with E-state index in [0.29, 0.717) is 5.92 Å². The SMILES string of the molecule is CC12CC(O[Si](C)(C)C(C)(C)C)C(C1)C(c1ccccc1)=C2C=O. The van der Waals surface area contributed by atoms with Crippen molar-refractivity contribution in [2.24, 2.45) is 11.3 Å². The van der Waals surface area contributed by atoms with Crippen molar-refractivity contribution in [3.8, 4) is 0 Å². The lowest BCUT2D eigenvalue weighted by Crippen LogP contribution is -2.45. The fraction of sp³-hybridized carbons (Fsp3) is 0.571. The first-order chi connectivity index (χ1) is 11.1. The van der Waals surface area contributed by atoms with Crippen LogP contribution in [0.2, 0.25) is 18.1 Å². The predicted molar refractivity (Wildman–Crippen MR) is 102 cm³/mol. The van der Waals surface area contributed by atoms with Crippen LogP contribution < -0.4 is 0 Å². The van der Waals surface area contributed by atoms with E-state index < -0.39 is 8.32 Å². The van der Waals surface area contributed by atoms with Crippen molar-refractivity contribution in [1.29, 1.82) is 0 Å². The van der Waals surface area contributed by atoms with Crippen molar-refractivity contribution >= 4 is 20.2 Å². The molecular weight excluding hydrogens is 312 g/mol. The average molecular weight is 343 g/mol. The van der Waals surface area contributed by atoms with Crippen LogP contribution in [0.4, 0.5) is 0 Å². The number of rotatable bonds is 4. The molecule has 1 aromatic carbocycles. The first kappa shape index (κ1) is 17.6. The molecule has 0 amide bonds. The molecule has 0 aromatic heterocycles. The molecule has 24 heavy (non-hydrogen) atoms. The second-order valence-corrected chi connectivity index (χ2v) is 14.1. The summed E-state index contributed by atoms with van der Waals surface area (Å²) in [6.45, 7) is 13.8. The molecule has 2 nitrogen and oxygen atoms in total. The molecule has 0 heterocycles. The van der Waals surface area contributed by atoms with Gasteiger partial charge < -0.3 is 4.43 Å². The third-order valence-electron chi connectivity index (χ3n) is 6.54. The van der Waals surface area contributed by atoms with Crippen LogP contribution in [0.1, 0.15) is 46.1 Å². The van der Waals surface area contributed by atoms with Crippen LogP contribution in [-0.2, 0) is 9.22 Å². The van der Waals surface area contributed by atoms with Crippen LogP contribution in [0.25, 0.3) is 5.57 Å². The summed E-state index contributed by atoms with van der Waals surface area (Å²) in [6.07, 6.45) is 3.37. The van der Waals surface area contributed by atoms with Gasteiger partial charge in [0.1, 0.15) is 6.29 Å². The summed E-state index contributed by atoms with van der Waals surface area (Å²) in [6, 6.07) is 10.4. The molecule has 0 spiro atoms. The van der Waals surface area contributed by atoms with Gasteiger partial charge in [0, 0.05) is 11.5 Å². The zero-order valence-electron chi connectivity index (χ0n) is 15.8. The Kier molecular flexibility index (Phi) is 4.16. The zero-order valence-corrected chi connectivity index (χ0v) is 16.8. The largest absolute Gasteiger partial charge is 0.413 e. The Bertz CT molecular complexity index is 669.